The highest BCUT2D eigenvalue weighted by Gasteiger charge is 2.28. The number of halogens is 2. The van der Waals surface area contributed by atoms with Gasteiger partial charge < -0.3 is 10.8 Å². The maximum absolute atomic E-state index is 10.8. The molecule has 0 radical (unpaired) electrons. The second kappa shape index (κ2) is 9.84. The monoisotopic (exact) mass is 397 g/mol. The molecule has 0 bridgehead atoms. The van der Waals surface area contributed by atoms with E-state index in [-0.39, 0.29) is 18.4 Å². The third-order valence-electron chi connectivity index (χ3n) is 4.82. The molecule has 2 aromatic carbocycles. The van der Waals surface area contributed by atoms with Crippen LogP contribution < -0.4 is 5.73 Å². The van der Waals surface area contributed by atoms with Crippen LogP contribution in [-0.4, -0.2) is 11.2 Å². The summed E-state index contributed by atoms with van der Waals surface area (Å²) in [6.45, 7) is 0. The van der Waals surface area contributed by atoms with E-state index in [1.807, 2.05) is 42.5 Å². The lowest BCUT2D eigenvalue weighted by molar-refractivity contribution is 0.0611. The minimum atomic E-state index is -0.475. The number of hydrogen-bond acceptors (Lipinski definition) is 3. The van der Waals surface area contributed by atoms with E-state index >= 15 is 0 Å². The first-order valence-electron chi connectivity index (χ1n) is 8.61. The van der Waals surface area contributed by atoms with Gasteiger partial charge in [0.05, 0.1) is 12.1 Å². The van der Waals surface area contributed by atoms with E-state index in [1.165, 1.54) is 19.3 Å². The van der Waals surface area contributed by atoms with Crippen molar-refractivity contribution in [3.8, 4) is 0 Å². The highest BCUT2D eigenvalue weighted by molar-refractivity contribution is 7.99. The summed E-state index contributed by atoms with van der Waals surface area (Å²) in [6.07, 6.45) is 5.38. The molecule has 0 spiro atoms. The normalized spacial score (nSPS) is 17.6. The van der Waals surface area contributed by atoms with Gasteiger partial charge in [0.1, 0.15) is 0 Å². The van der Waals surface area contributed by atoms with Gasteiger partial charge >= 0.3 is 0 Å². The van der Waals surface area contributed by atoms with Crippen LogP contribution in [0.25, 0.3) is 0 Å². The van der Waals surface area contributed by atoms with Gasteiger partial charge in [-0.3, -0.25) is 0 Å². The van der Waals surface area contributed by atoms with Gasteiger partial charge in [0.2, 0.25) is 0 Å². The molecule has 25 heavy (non-hydrogen) atoms. The smallest absolute Gasteiger partial charge is 0.0761 e. The Labute approximate surface area is 165 Å². The van der Waals surface area contributed by atoms with Crippen molar-refractivity contribution in [2.24, 2.45) is 11.7 Å². The van der Waals surface area contributed by atoms with Crippen LogP contribution >= 0.6 is 35.8 Å². The van der Waals surface area contributed by atoms with E-state index in [9.17, 15) is 5.11 Å². The standard InChI is InChI=1S/C20H24ClNOS.ClH/c21-15-10-12-16(13-11-15)24-18-9-5-4-8-17(18)19(22)20(23)14-6-2-1-3-7-14;/h4-5,8-14,19-20,23H,1-3,6-7,22H2;1H/t19-,20+;/m0./s1. The summed E-state index contributed by atoms with van der Waals surface area (Å²) in [6, 6.07) is 15.6. The van der Waals surface area contributed by atoms with Crippen LogP contribution in [-0.2, 0) is 0 Å². The van der Waals surface area contributed by atoms with Crippen molar-refractivity contribution in [2.75, 3.05) is 0 Å². The molecular weight excluding hydrogens is 373 g/mol. The van der Waals surface area contributed by atoms with Gasteiger partial charge in [0.25, 0.3) is 0 Å². The summed E-state index contributed by atoms with van der Waals surface area (Å²) in [5.74, 6) is 0.322. The van der Waals surface area contributed by atoms with E-state index < -0.39 is 6.10 Å². The molecule has 1 aliphatic rings. The fraction of sp³-hybridized carbons (Fsp3) is 0.400. The van der Waals surface area contributed by atoms with Crippen molar-refractivity contribution in [3.63, 3.8) is 0 Å². The van der Waals surface area contributed by atoms with Crippen molar-refractivity contribution < 1.29 is 5.11 Å². The van der Waals surface area contributed by atoms with Crippen LogP contribution in [0.3, 0.4) is 0 Å². The van der Waals surface area contributed by atoms with Crippen molar-refractivity contribution in [1.82, 2.24) is 0 Å². The van der Waals surface area contributed by atoms with Crippen LogP contribution in [0.2, 0.25) is 5.02 Å². The third-order valence-corrected chi connectivity index (χ3v) is 6.17. The molecule has 0 unspecified atom stereocenters. The predicted molar refractivity (Wildman–Crippen MR) is 109 cm³/mol. The molecular formula is C20H25Cl2NOS. The van der Waals surface area contributed by atoms with Gasteiger partial charge in [-0.15, -0.1) is 12.4 Å². The second-order valence-corrected chi connectivity index (χ2v) is 8.06. The number of rotatable bonds is 5. The molecule has 2 aromatic rings. The molecule has 1 saturated carbocycles. The van der Waals surface area contributed by atoms with Gasteiger partial charge in [0, 0.05) is 14.8 Å². The molecule has 1 aliphatic carbocycles. The summed E-state index contributed by atoms with van der Waals surface area (Å²) in [4.78, 5) is 2.22. The summed E-state index contributed by atoms with van der Waals surface area (Å²) < 4.78 is 0. The number of nitrogens with two attached hydrogens (primary N) is 1. The molecule has 0 aliphatic heterocycles. The van der Waals surface area contributed by atoms with E-state index in [1.54, 1.807) is 11.8 Å². The maximum atomic E-state index is 10.8. The molecule has 0 saturated heterocycles. The Bertz CT molecular complexity index is 659. The largest absolute Gasteiger partial charge is 0.391 e. The molecule has 0 aromatic heterocycles. The molecule has 3 N–H and O–H groups in total. The molecule has 3 rings (SSSR count). The fourth-order valence-electron chi connectivity index (χ4n) is 3.43. The lowest BCUT2D eigenvalue weighted by Gasteiger charge is -2.31. The first-order chi connectivity index (χ1) is 11.6. The van der Waals surface area contributed by atoms with Crippen molar-refractivity contribution >= 4 is 35.8 Å². The minimum Gasteiger partial charge on any atom is -0.391 e. The SMILES string of the molecule is Cl.N[C@@H](c1ccccc1Sc1ccc(Cl)cc1)[C@H](O)C1CCCCC1. The van der Waals surface area contributed by atoms with Crippen LogP contribution in [0.1, 0.15) is 43.7 Å². The highest BCUT2D eigenvalue weighted by atomic mass is 35.5. The van der Waals surface area contributed by atoms with Gasteiger partial charge in [-0.25, -0.2) is 0 Å². The van der Waals surface area contributed by atoms with Crippen molar-refractivity contribution in [2.45, 2.75) is 54.0 Å². The Morgan fingerprint density at radius 1 is 1.00 bits per heavy atom. The number of aliphatic hydroxyl groups excluding tert-OH is 1. The fourth-order valence-corrected chi connectivity index (χ4v) is 4.55. The predicted octanol–water partition coefficient (Wildman–Crippen LogP) is 5.85. The summed E-state index contributed by atoms with van der Waals surface area (Å²) in [5, 5.41) is 11.5. The molecule has 136 valence electrons. The van der Waals surface area contributed by atoms with Crippen molar-refractivity contribution in [3.05, 3.63) is 59.1 Å². The molecule has 0 amide bonds. The van der Waals surface area contributed by atoms with Crippen molar-refractivity contribution in [1.29, 1.82) is 0 Å². The maximum Gasteiger partial charge on any atom is 0.0761 e. The highest BCUT2D eigenvalue weighted by Crippen LogP contribution is 2.37. The zero-order valence-corrected chi connectivity index (χ0v) is 16.5. The summed E-state index contributed by atoms with van der Waals surface area (Å²) in [7, 11) is 0. The molecule has 5 heteroatoms. The Kier molecular flexibility index (Phi) is 8.11. The van der Waals surface area contributed by atoms with E-state index in [0.29, 0.717) is 5.92 Å². The molecule has 1 fully saturated rings. The molecule has 0 heterocycles. The van der Waals surface area contributed by atoms with Crippen LogP contribution in [0.5, 0.6) is 0 Å². The molecule has 2 atom stereocenters. The van der Waals surface area contributed by atoms with E-state index in [0.717, 1.165) is 33.2 Å². The summed E-state index contributed by atoms with van der Waals surface area (Å²) in [5.41, 5.74) is 7.49. The average molecular weight is 398 g/mol. The third kappa shape index (κ3) is 5.38. The summed E-state index contributed by atoms with van der Waals surface area (Å²) >= 11 is 7.63. The number of benzene rings is 2. The zero-order valence-electron chi connectivity index (χ0n) is 14.1. The van der Waals surface area contributed by atoms with Crippen LogP contribution in [0.15, 0.2) is 58.3 Å². The van der Waals surface area contributed by atoms with Crippen LogP contribution in [0.4, 0.5) is 0 Å². The quantitative estimate of drug-likeness (QED) is 0.664. The average Bonchev–Trinajstić information content (AvgIpc) is 2.63. The zero-order chi connectivity index (χ0) is 16.9. The second-order valence-electron chi connectivity index (χ2n) is 6.51. The topological polar surface area (TPSA) is 46.2 Å². The minimum absolute atomic E-state index is 0. The van der Waals surface area contributed by atoms with Gasteiger partial charge in [-0.1, -0.05) is 60.8 Å². The molecule has 2 nitrogen and oxygen atoms in total. The lowest BCUT2D eigenvalue weighted by Crippen LogP contribution is -2.34. The number of hydrogen-bond donors (Lipinski definition) is 2. The van der Waals surface area contributed by atoms with E-state index in [4.69, 9.17) is 17.3 Å². The Morgan fingerprint density at radius 3 is 2.32 bits per heavy atom. The lowest BCUT2D eigenvalue weighted by atomic mass is 9.81. The van der Waals surface area contributed by atoms with Crippen LogP contribution in [0, 0.1) is 5.92 Å². The van der Waals surface area contributed by atoms with Gasteiger partial charge in [-0.2, -0.15) is 0 Å². The number of aliphatic hydroxyl groups is 1. The first kappa shape index (κ1) is 20.6. The first-order valence-corrected chi connectivity index (χ1v) is 9.80. The van der Waals surface area contributed by atoms with Gasteiger partial charge in [0.15, 0.2) is 0 Å². The van der Waals surface area contributed by atoms with E-state index in [2.05, 4.69) is 6.07 Å². The Morgan fingerprint density at radius 2 is 1.64 bits per heavy atom. The Hall–Kier alpha value is -0.710. The van der Waals surface area contributed by atoms with Gasteiger partial charge in [-0.05, 0) is 54.7 Å². The Balaban J connectivity index is 0.00000225.